The standard InChI is InChI=1S/C16H32N4O2/c1-6-7-10-15(20-14(4)22-5)16(21)19-12(2)9-8-11-18-13(3)17/h12,15,18,20H,3-4,6-11,17H2,1-2,5H3,(H,19,21)/t12-,15-/m0/s1. The zero-order valence-electron chi connectivity index (χ0n) is 14.2. The van der Waals surface area contributed by atoms with Crippen molar-refractivity contribution >= 4 is 5.91 Å². The number of nitrogens with one attached hydrogen (secondary N) is 3. The normalized spacial score (nSPS) is 12.9. The SMILES string of the molecule is C=C(N)NCCC[C@H](C)NC(=O)[C@H](CCCC)NC(=C)OC. The summed E-state index contributed by atoms with van der Waals surface area (Å²) < 4.78 is 5.00. The predicted octanol–water partition coefficient (Wildman–Crippen LogP) is 1.56. The lowest BCUT2D eigenvalue weighted by atomic mass is 10.1. The van der Waals surface area contributed by atoms with Crippen LogP contribution in [0.4, 0.5) is 0 Å². The second kappa shape index (κ2) is 11.8. The lowest BCUT2D eigenvalue weighted by molar-refractivity contribution is -0.124. The number of ether oxygens (including phenoxy) is 1. The van der Waals surface area contributed by atoms with Gasteiger partial charge in [-0.2, -0.15) is 0 Å². The van der Waals surface area contributed by atoms with E-state index in [-0.39, 0.29) is 18.0 Å². The molecule has 2 atom stereocenters. The minimum absolute atomic E-state index is 0.0182. The van der Waals surface area contributed by atoms with Crippen molar-refractivity contribution in [3.8, 4) is 0 Å². The van der Waals surface area contributed by atoms with E-state index in [0.717, 1.165) is 38.6 Å². The number of carbonyl (C=O) groups excluding carboxylic acids is 1. The molecule has 22 heavy (non-hydrogen) atoms. The summed E-state index contributed by atoms with van der Waals surface area (Å²) in [6.45, 7) is 12.1. The highest BCUT2D eigenvalue weighted by atomic mass is 16.5. The third-order valence-corrected chi connectivity index (χ3v) is 3.30. The Balaban J connectivity index is 4.22. The number of methoxy groups -OCH3 is 1. The molecule has 0 fully saturated rings. The molecule has 0 aromatic heterocycles. The zero-order valence-corrected chi connectivity index (χ0v) is 14.2. The van der Waals surface area contributed by atoms with Gasteiger partial charge in [0.25, 0.3) is 0 Å². The minimum atomic E-state index is -0.309. The van der Waals surface area contributed by atoms with Gasteiger partial charge in [-0.1, -0.05) is 26.3 Å². The van der Waals surface area contributed by atoms with Crippen molar-refractivity contribution < 1.29 is 9.53 Å². The summed E-state index contributed by atoms with van der Waals surface area (Å²) in [6, 6.07) is -0.209. The van der Waals surface area contributed by atoms with Gasteiger partial charge in [-0.3, -0.25) is 4.79 Å². The quantitative estimate of drug-likeness (QED) is 0.306. The van der Waals surface area contributed by atoms with Gasteiger partial charge in [-0.05, 0) is 32.8 Å². The molecule has 6 nitrogen and oxygen atoms in total. The Kier molecular flexibility index (Phi) is 10.8. The molecular formula is C16H32N4O2. The molecule has 0 saturated carbocycles. The molecule has 0 unspecified atom stereocenters. The highest BCUT2D eigenvalue weighted by Crippen LogP contribution is 2.05. The van der Waals surface area contributed by atoms with Crippen molar-refractivity contribution in [3.05, 3.63) is 24.9 Å². The molecule has 0 rings (SSSR count). The maximum absolute atomic E-state index is 12.3. The highest BCUT2D eigenvalue weighted by molar-refractivity contribution is 5.82. The fourth-order valence-corrected chi connectivity index (χ4v) is 2.00. The average molecular weight is 312 g/mol. The second-order valence-electron chi connectivity index (χ2n) is 5.47. The molecule has 0 heterocycles. The molecule has 0 radical (unpaired) electrons. The third-order valence-electron chi connectivity index (χ3n) is 3.30. The summed E-state index contributed by atoms with van der Waals surface area (Å²) >= 11 is 0. The molecule has 0 aliphatic heterocycles. The third kappa shape index (κ3) is 9.96. The van der Waals surface area contributed by atoms with Crippen molar-refractivity contribution in [1.29, 1.82) is 0 Å². The number of rotatable bonds is 13. The van der Waals surface area contributed by atoms with Crippen molar-refractivity contribution in [2.24, 2.45) is 5.73 Å². The van der Waals surface area contributed by atoms with E-state index < -0.39 is 0 Å². The topological polar surface area (TPSA) is 88.4 Å². The lowest BCUT2D eigenvalue weighted by Crippen LogP contribution is -2.47. The van der Waals surface area contributed by atoms with Crippen LogP contribution in [0, 0.1) is 0 Å². The van der Waals surface area contributed by atoms with Gasteiger partial charge in [0.1, 0.15) is 6.04 Å². The highest BCUT2D eigenvalue weighted by Gasteiger charge is 2.19. The largest absolute Gasteiger partial charge is 0.483 e. The minimum Gasteiger partial charge on any atom is -0.483 e. The van der Waals surface area contributed by atoms with Crippen LogP contribution in [0.2, 0.25) is 0 Å². The Hall–Kier alpha value is -1.85. The number of hydrogen-bond acceptors (Lipinski definition) is 5. The van der Waals surface area contributed by atoms with E-state index in [9.17, 15) is 4.79 Å². The number of amides is 1. The Labute approximate surface area is 134 Å². The molecular weight excluding hydrogens is 280 g/mol. The van der Waals surface area contributed by atoms with Crippen LogP contribution in [0.5, 0.6) is 0 Å². The van der Waals surface area contributed by atoms with Crippen molar-refractivity contribution in [2.75, 3.05) is 13.7 Å². The first-order valence-corrected chi connectivity index (χ1v) is 7.88. The first-order chi connectivity index (χ1) is 10.4. The van der Waals surface area contributed by atoms with Crippen molar-refractivity contribution in [1.82, 2.24) is 16.0 Å². The van der Waals surface area contributed by atoms with Gasteiger partial charge in [-0.15, -0.1) is 0 Å². The monoisotopic (exact) mass is 312 g/mol. The molecule has 1 amide bonds. The summed E-state index contributed by atoms with van der Waals surface area (Å²) in [5.41, 5.74) is 5.43. The van der Waals surface area contributed by atoms with Crippen LogP contribution in [0.15, 0.2) is 24.9 Å². The van der Waals surface area contributed by atoms with Crippen molar-refractivity contribution in [2.45, 2.75) is 58.0 Å². The zero-order chi connectivity index (χ0) is 17.0. The van der Waals surface area contributed by atoms with Gasteiger partial charge in [-0.25, -0.2) is 0 Å². The van der Waals surface area contributed by atoms with Gasteiger partial charge < -0.3 is 26.4 Å². The van der Waals surface area contributed by atoms with Crippen LogP contribution in [0.25, 0.3) is 0 Å². The molecule has 0 aliphatic rings. The number of hydrogen-bond donors (Lipinski definition) is 4. The maximum Gasteiger partial charge on any atom is 0.242 e. The average Bonchev–Trinajstić information content (AvgIpc) is 2.47. The summed E-state index contributed by atoms with van der Waals surface area (Å²) in [6.07, 6.45) is 4.55. The van der Waals surface area contributed by atoms with Crippen LogP contribution < -0.4 is 21.7 Å². The van der Waals surface area contributed by atoms with E-state index in [1.807, 2.05) is 6.92 Å². The van der Waals surface area contributed by atoms with E-state index in [1.54, 1.807) is 0 Å². The summed E-state index contributed by atoms with van der Waals surface area (Å²) in [5, 5.41) is 9.02. The van der Waals surface area contributed by atoms with Crippen LogP contribution in [-0.4, -0.2) is 31.6 Å². The fourth-order valence-electron chi connectivity index (χ4n) is 2.00. The Morgan fingerprint density at radius 1 is 1.23 bits per heavy atom. The van der Waals surface area contributed by atoms with Gasteiger partial charge in [0.05, 0.1) is 12.9 Å². The maximum atomic E-state index is 12.3. The van der Waals surface area contributed by atoms with E-state index in [4.69, 9.17) is 10.5 Å². The molecule has 0 aliphatic carbocycles. The molecule has 0 aromatic carbocycles. The van der Waals surface area contributed by atoms with Gasteiger partial charge in [0, 0.05) is 12.6 Å². The molecule has 0 saturated heterocycles. The van der Waals surface area contributed by atoms with Gasteiger partial charge >= 0.3 is 0 Å². The second-order valence-corrected chi connectivity index (χ2v) is 5.47. The van der Waals surface area contributed by atoms with Crippen LogP contribution in [-0.2, 0) is 9.53 Å². The molecule has 5 N–H and O–H groups in total. The van der Waals surface area contributed by atoms with Crippen LogP contribution in [0.1, 0.15) is 46.0 Å². The Morgan fingerprint density at radius 3 is 2.45 bits per heavy atom. The fraction of sp³-hybridized carbons (Fsp3) is 0.688. The van der Waals surface area contributed by atoms with E-state index >= 15 is 0 Å². The number of unbranched alkanes of at least 4 members (excludes halogenated alkanes) is 1. The Bertz CT molecular complexity index is 358. The molecule has 128 valence electrons. The smallest absolute Gasteiger partial charge is 0.242 e. The summed E-state index contributed by atoms with van der Waals surface area (Å²) in [7, 11) is 1.53. The predicted molar refractivity (Wildman–Crippen MR) is 90.8 cm³/mol. The van der Waals surface area contributed by atoms with Gasteiger partial charge in [0.2, 0.25) is 5.91 Å². The first kappa shape index (κ1) is 20.1. The number of nitrogens with two attached hydrogens (primary N) is 1. The van der Waals surface area contributed by atoms with E-state index in [1.165, 1.54) is 7.11 Å². The summed E-state index contributed by atoms with van der Waals surface area (Å²) in [5.74, 6) is 0.864. The molecule has 0 spiro atoms. The van der Waals surface area contributed by atoms with E-state index in [0.29, 0.717) is 11.7 Å². The van der Waals surface area contributed by atoms with Gasteiger partial charge in [0.15, 0.2) is 5.88 Å². The number of carbonyl (C=O) groups is 1. The first-order valence-electron chi connectivity index (χ1n) is 7.88. The Morgan fingerprint density at radius 2 is 1.91 bits per heavy atom. The van der Waals surface area contributed by atoms with Crippen molar-refractivity contribution in [3.63, 3.8) is 0 Å². The summed E-state index contributed by atoms with van der Waals surface area (Å²) in [4.78, 5) is 12.3. The van der Waals surface area contributed by atoms with E-state index in [2.05, 4.69) is 36.0 Å². The molecule has 0 aromatic rings. The molecule has 6 heteroatoms. The molecule has 0 bridgehead atoms. The van der Waals surface area contributed by atoms with Crippen LogP contribution in [0.3, 0.4) is 0 Å². The van der Waals surface area contributed by atoms with Crippen LogP contribution >= 0.6 is 0 Å². The lowest BCUT2D eigenvalue weighted by Gasteiger charge is -2.22.